The fourth-order valence-electron chi connectivity index (χ4n) is 3.11. The molecule has 0 aliphatic carbocycles. The van der Waals surface area contributed by atoms with Crippen LogP contribution in [0.2, 0.25) is 0 Å². The molecule has 3 heterocycles. The highest BCUT2D eigenvalue weighted by molar-refractivity contribution is 7.09. The fourth-order valence-corrected chi connectivity index (χ4v) is 4.10. The third-order valence-electron chi connectivity index (χ3n) is 4.56. The minimum atomic E-state index is -3.00. The van der Waals surface area contributed by atoms with Gasteiger partial charge in [-0.3, -0.25) is 9.48 Å². The molecule has 1 aliphatic rings. The van der Waals surface area contributed by atoms with Crippen LogP contribution in [-0.2, 0) is 17.9 Å². The molecule has 0 spiro atoms. The molecule has 0 bridgehead atoms. The van der Waals surface area contributed by atoms with Crippen LogP contribution in [0.4, 0.5) is 17.6 Å². The van der Waals surface area contributed by atoms with Gasteiger partial charge in [0.1, 0.15) is 24.5 Å². The van der Waals surface area contributed by atoms with E-state index in [1.54, 1.807) is 5.38 Å². The number of hydrogen-bond donors (Lipinski definition) is 0. The third-order valence-corrected chi connectivity index (χ3v) is 5.61. The molecule has 152 valence electrons. The van der Waals surface area contributed by atoms with Gasteiger partial charge in [0.25, 0.3) is 12.9 Å². The topological polar surface area (TPSA) is 80.5 Å². The Balaban J connectivity index is 1.60. The van der Waals surface area contributed by atoms with Crippen LogP contribution in [0.1, 0.15) is 53.7 Å². The van der Waals surface area contributed by atoms with Crippen molar-refractivity contribution in [3.8, 4) is 0 Å². The summed E-state index contributed by atoms with van der Waals surface area (Å²) in [6.45, 7) is 0.308. The van der Waals surface area contributed by atoms with Crippen LogP contribution < -0.4 is 0 Å². The van der Waals surface area contributed by atoms with Crippen molar-refractivity contribution in [3.05, 3.63) is 38.4 Å². The second-order valence-corrected chi connectivity index (χ2v) is 7.26. The molecule has 28 heavy (non-hydrogen) atoms. The van der Waals surface area contributed by atoms with Gasteiger partial charge in [0.15, 0.2) is 0 Å². The normalized spacial score (nSPS) is 15.6. The maximum absolute atomic E-state index is 13.0. The van der Waals surface area contributed by atoms with Crippen molar-refractivity contribution >= 4 is 17.2 Å². The number of piperidine rings is 1. The Bertz CT molecular complexity index is 833. The van der Waals surface area contributed by atoms with E-state index in [1.165, 1.54) is 16.2 Å². The van der Waals surface area contributed by atoms with Crippen LogP contribution in [0.25, 0.3) is 0 Å². The summed E-state index contributed by atoms with van der Waals surface area (Å²) >= 11 is 1.44. The average Bonchev–Trinajstić information content (AvgIpc) is 3.29. The molecule has 1 aliphatic heterocycles. The van der Waals surface area contributed by atoms with Gasteiger partial charge in [0.05, 0.1) is 10.7 Å². The van der Waals surface area contributed by atoms with Crippen LogP contribution >= 0.6 is 11.3 Å². The van der Waals surface area contributed by atoms with E-state index in [9.17, 15) is 27.3 Å². The predicted molar refractivity (Wildman–Crippen MR) is 92.3 cm³/mol. The highest BCUT2D eigenvalue weighted by atomic mass is 32.1. The van der Waals surface area contributed by atoms with E-state index in [2.05, 4.69) is 15.3 Å². The van der Waals surface area contributed by atoms with Crippen LogP contribution in [0.15, 0.2) is 16.6 Å². The van der Waals surface area contributed by atoms with Gasteiger partial charge in [-0.2, -0.15) is 10.0 Å². The maximum atomic E-state index is 13.0. The smallest absolute Gasteiger partial charge is 0.282 e. The zero-order chi connectivity index (χ0) is 20.3. The Labute approximate surface area is 161 Å². The lowest BCUT2D eigenvalue weighted by Crippen LogP contribution is -2.40. The van der Waals surface area contributed by atoms with Crippen molar-refractivity contribution in [1.29, 1.82) is 0 Å². The van der Waals surface area contributed by atoms with Gasteiger partial charge in [-0.15, -0.1) is 11.3 Å². The first kappa shape index (κ1) is 20.4. The number of halogens is 4. The lowest BCUT2D eigenvalue weighted by Gasteiger charge is -2.31. The molecule has 2 aromatic rings. The number of aromatic nitrogens is 3. The van der Waals surface area contributed by atoms with E-state index in [-0.39, 0.29) is 12.5 Å². The summed E-state index contributed by atoms with van der Waals surface area (Å²) in [6, 6.07) is 0.628. The molecule has 7 nitrogen and oxygen atoms in total. The summed E-state index contributed by atoms with van der Waals surface area (Å²) in [6.07, 6.45) is -4.72. The molecule has 1 saturated heterocycles. The Morgan fingerprint density at radius 1 is 1.25 bits per heavy atom. The van der Waals surface area contributed by atoms with Crippen LogP contribution in [-0.4, -0.2) is 38.7 Å². The maximum Gasteiger partial charge on any atom is 0.282 e. The van der Waals surface area contributed by atoms with Gasteiger partial charge in [-0.1, -0.05) is 5.18 Å². The minimum Gasteiger partial charge on any atom is -0.341 e. The molecule has 1 fully saturated rings. The molecule has 0 radical (unpaired) electrons. The number of alkyl halides is 4. The molecule has 0 aromatic carbocycles. The van der Waals surface area contributed by atoms with Crippen LogP contribution in [0, 0.1) is 4.91 Å². The van der Waals surface area contributed by atoms with Crippen molar-refractivity contribution in [2.75, 3.05) is 13.1 Å². The number of rotatable bonds is 7. The molecule has 0 saturated carbocycles. The van der Waals surface area contributed by atoms with E-state index >= 15 is 0 Å². The summed E-state index contributed by atoms with van der Waals surface area (Å²) in [5.74, 6) is -0.310. The minimum absolute atomic E-state index is 0.0186. The van der Waals surface area contributed by atoms with Crippen molar-refractivity contribution in [2.45, 2.75) is 44.7 Å². The number of nitrogens with zero attached hydrogens (tertiary/aromatic N) is 5. The van der Waals surface area contributed by atoms with Crippen molar-refractivity contribution < 1.29 is 22.4 Å². The van der Waals surface area contributed by atoms with Gasteiger partial charge < -0.3 is 4.90 Å². The summed E-state index contributed by atoms with van der Waals surface area (Å²) in [5.41, 5.74) is -0.856. The first-order valence-electron chi connectivity index (χ1n) is 8.54. The zero-order valence-corrected chi connectivity index (χ0v) is 15.4. The number of thiazole rings is 1. The SMILES string of the molecule is O=NCc1csc(C2CCN(C(=O)Cn3nc(C(F)F)cc3C(F)F)CC2)n1. The molecule has 0 atom stereocenters. The molecule has 3 rings (SSSR count). The molecule has 0 N–H and O–H groups in total. The summed E-state index contributed by atoms with van der Waals surface area (Å²) < 4.78 is 52.2. The summed E-state index contributed by atoms with van der Waals surface area (Å²) in [7, 11) is 0. The van der Waals surface area contributed by atoms with E-state index in [0.29, 0.717) is 42.4 Å². The Morgan fingerprint density at radius 2 is 1.96 bits per heavy atom. The molecular weight excluding hydrogens is 402 g/mol. The highest BCUT2D eigenvalue weighted by Gasteiger charge is 2.28. The number of likely N-dealkylation sites (tertiary alicyclic amines) is 1. The summed E-state index contributed by atoms with van der Waals surface area (Å²) in [4.78, 5) is 28.6. The van der Waals surface area contributed by atoms with E-state index in [4.69, 9.17) is 0 Å². The summed E-state index contributed by atoms with van der Waals surface area (Å²) in [5, 5.41) is 8.90. The van der Waals surface area contributed by atoms with Gasteiger partial charge in [0.2, 0.25) is 5.91 Å². The molecule has 0 unspecified atom stereocenters. The average molecular weight is 419 g/mol. The highest BCUT2D eigenvalue weighted by Crippen LogP contribution is 2.31. The quantitative estimate of drug-likeness (QED) is 0.504. The second kappa shape index (κ2) is 8.76. The van der Waals surface area contributed by atoms with Gasteiger partial charge in [-0.05, 0) is 18.9 Å². The number of amides is 1. The fraction of sp³-hybridized carbons (Fsp3) is 0.562. The lowest BCUT2D eigenvalue weighted by atomic mass is 9.97. The Morgan fingerprint density at radius 3 is 2.57 bits per heavy atom. The molecule has 1 amide bonds. The monoisotopic (exact) mass is 419 g/mol. The predicted octanol–water partition coefficient (Wildman–Crippen LogP) is 3.89. The van der Waals surface area contributed by atoms with Crippen molar-refractivity contribution in [3.63, 3.8) is 0 Å². The zero-order valence-electron chi connectivity index (χ0n) is 14.6. The molecular formula is C16H17F4N5O2S. The van der Waals surface area contributed by atoms with E-state index < -0.39 is 36.7 Å². The standard InChI is InChI=1S/C16H17F4N5O2S/c17-14(18)11-5-12(15(19)20)25(23-11)7-13(26)24-3-1-9(2-4-24)16-22-10(6-21-27)8-28-16/h5,8-9,14-15H,1-4,6-7H2. The Kier molecular flexibility index (Phi) is 6.37. The van der Waals surface area contributed by atoms with Gasteiger partial charge in [-0.25, -0.2) is 22.5 Å². The number of nitroso groups, excluding NO2 is 1. The molecule has 2 aromatic heterocycles. The first-order valence-corrected chi connectivity index (χ1v) is 9.42. The second-order valence-electron chi connectivity index (χ2n) is 6.37. The van der Waals surface area contributed by atoms with Crippen LogP contribution in [0.3, 0.4) is 0 Å². The molecule has 12 heteroatoms. The number of carbonyl (C=O) groups excluding carboxylic acids is 1. The van der Waals surface area contributed by atoms with Crippen molar-refractivity contribution in [2.24, 2.45) is 5.18 Å². The van der Waals surface area contributed by atoms with Gasteiger partial charge in [0, 0.05) is 24.4 Å². The van der Waals surface area contributed by atoms with Crippen molar-refractivity contribution in [1.82, 2.24) is 19.7 Å². The Hall–Kier alpha value is -2.37. The van der Waals surface area contributed by atoms with E-state index in [0.717, 1.165) is 5.01 Å². The van der Waals surface area contributed by atoms with E-state index in [1.807, 2.05) is 0 Å². The van der Waals surface area contributed by atoms with Gasteiger partial charge >= 0.3 is 0 Å². The largest absolute Gasteiger partial charge is 0.341 e. The number of carbonyl (C=O) groups is 1. The van der Waals surface area contributed by atoms with Crippen LogP contribution in [0.5, 0.6) is 0 Å². The first-order chi connectivity index (χ1) is 13.4. The third kappa shape index (κ3) is 4.54. The lowest BCUT2D eigenvalue weighted by molar-refractivity contribution is -0.133. The number of hydrogen-bond acceptors (Lipinski definition) is 6.